The van der Waals surface area contributed by atoms with E-state index in [9.17, 15) is 8.78 Å². The third kappa shape index (κ3) is 3.78. The molecular weight excluding hydrogens is 94.0 g/mol. The van der Waals surface area contributed by atoms with Gasteiger partial charge in [-0.3, -0.25) is 0 Å². The minimum Gasteiger partial charge on any atom is -0.334 e. The maximum Gasteiger partial charge on any atom is 0.379 e. The van der Waals surface area contributed by atoms with Crippen LogP contribution in [0.25, 0.3) is 0 Å². The highest BCUT2D eigenvalue weighted by molar-refractivity contribution is 4.37. The zero-order valence-corrected chi connectivity index (χ0v) is 2.82. The summed E-state index contributed by atoms with van der Waals surface area (Å²) < 4.78 is 21.4. The summed E-state index contributed by atoms with van der Waals surface area (Å²) in [5, 5.41) is 16.1. The van der Waals surface area contributed by atoms with Crippen LogP contribution in [0.3, 0.4) is 0 Å². The van der Waals surface area contributed by atoms with E-state index < -0.39 is 12.7 Å². The average Bonchev–Trinajstić information content (AvgIpc) is 1.35. The first-order valence-corrected chi connectivity index (χ1v) is 1.24. The lowest BCUT2D eigenvalue weighted by molar-refractivity contribution is -0.232. The lowest BCUT2D eigenvalue weighted by Crippen LogP contribution is -2.18. The van der Waals surface area contributed by atoms with Crippen LogP contribution >= 0.6 is 0 Å². The van der Waals surface area contributed by atoms with Crippen LogP contribution in [0.1, 0.15) is 0 Å². The van der Waals surface area contributed by atoms with Crippen molar-refractivity contribution < 1.29 is 19.0 Å². The van der Waals surface area contributed by atoms with Gasteiger partial charge in [0.1, 0.15) is 0 Å². The number of rotatable bonds is 1. The predicted molar refractivity (Wildman–Crippen MR) is 12.7 cm³/mol. The molecule has 6 heavy (non-hydrogen) atoms. The van der Waals surface area contributed by atoms with Crippen LogP contribution in [0.2, 0.25) is 0 Å². The highest BCUT2D eigenvalue weighted by Gasteiger charge is 2.22. The Balaban J connectivity index is 3.17. The lowest BCUT2D eigenvalue weighted by Gasteiger charge is -1.97. The Hall–Kier alpha value is -0.220. The molecule has 0 aromatic carbocycles. The Kier molecular flexibility index (Phi) is 1.43. The molecule has 0 aromatic rings. The Morgan fingerprint density at radius 2 is 1.83 bits per heavy atom. The second-order valence-electron chi connectivity index (χ2n) is 0.810. The third-order valence-electron chi connectivity index (χ3n) is 0.174. The van der Waals surface area contributed by atoms with Crippen LogP contribution in [-0.4, -0.2) is 17.8 Å². The molecular formula is C2H3F2O2. The first-order valence-electron chi connectivity index (χ1n) is 1.24. The molecule has 4 heteroatoms. The van der Waals surface area contributed by atoms with Crippen LogP contribution in [0.15, 0.2) is 0 Å². The molecule has 1 radical (unpaired) electrons. The van der Waals surface area contributed by atoms with Gasteiger partial charge in [-0.1, -0.05) is 0 Å². The third-order valence-corrected chi connectivity index (χ3v) is 0.174. The molecule has 0 aliphatic carbocycles. The maximum atomic E-state index is 10.7. The largest absolute Gasteiger partial charge is 0.379 e. The van der Waals surface area contributed by atoms with Gasteiger partial charge in [0.15, 0.2) is 6.61 Å². The van der Waals surface area contributed by atoms with E-state index in [0.717, 1.165) is 0 Å². The molecule has 0 spiro atoms. The van der Waals surface area contributed by atoms with Gasteiger partial charge in [-0.15, -0.1) is 0 Å². The van der Waals surface area contributed by atoms with Gasteiger partial charge in [-0.2, -0.15) is 8.78 Å². The van der Waals surface area contributed by atoms with Gasteiger partial charge < -0.3 is 5.11 Å². The van der Waals surface area contributed by atoms with E-state index in [0.29, 0.717) is 0 Å². The molecule has 2 nitrogen and oxygen atoms in total. The standard InChI is InChI=1S/C2H3F2O2/c3-2(4,6)1-5/h6H,1H2. The molecule has 0 unspecified atom stereocenters. The van der Waals surface area contributed by atoms with Crippen molar-refractivity contribution in [2.45, 2.75) is 6.11 Å². The number of hydrogen-bond acceptors (Lipinski definition) is 1. The molecule has 0 bridgehead atoms. The zero-order valence-electron chi connectivity index (χ0n) is 2.82. The van der Waals surface area contributed by atoms with Crippen molar-refractivity contribution in [1.82, 2.24) is 0 Å². The summed E-state index contributed by atoms with van der Waals surface area (Å²) in [5.41, 5.74) is 0. The van der Waals surface area contributed by atoms with Gasteiger partial charge in [0.25, 0.3) is 0 Å². The van der Waals surface area contributed by atoms with Crippen LogP contribution in [-0.2, 0) is 5.11 Å². The van der Waals surface area contributed by atoms with E-state index in [1.807, 2.05) is 0 Å². The maximum absolute atomic E-state index is 10.7. The van der Waals surface area contributed by atoms with E-state index in [1.54, 1.807) is 0 Å². The Morgan fingerprint density at radius 1 is 1.67 bits per heavy atom. The van der Waals surface area contributed by atoms with Crippen molar-refractivity contribution in [3.05, 3.63) is 0 Å². The van der Waals surface area contributed by atoms with Crippen LogP contribution in [0.4, 0.5) is 8.78 Å². The van der Waals surface area contributed by atoms with E-state index in [4.69, 9.17) is 10.2 Å². The molecule has 0 saturated carbocycles. The lowest BCUT2D eigenvalue weighted by atomic mass is 10.7. The minimum atomic E-state index is -4.01. The van der Waals surface area contributed by atoms with Crippen molar-refractivity contribution in [3.8, 4) is 0 Å². The van der Waals surface area contributed by atoms with Gasteiger partial charge >= 0.3 is 6.11 Å². The normalized spacial score (nSPS) is 12.0. The molecule has 0 amide bonds. The number of alkyl halides is 2. The van der Waals surface area contributed by atoms with Gasteiger partial charge in [-0.25, -0.2) is 5.11 Å². The van der Waals surface area contributed by atoms with Gasteiger partial charge in [0.2, 0.25) is 0 Å². The SMILES string of the molecule is [O]CC(O)(F)F. The molecule has 0 aromatic heterocycles. The molecule has 0 atom stereocenters. The van der Waals surface area contributed by atoms with Crippen LogP contribution < -0.4 is 0 Å². The Bertz CT molecular complexity index is 39.3. The van der Waals surface area contributed by atoms with E-state index >= 15 is 0 Å². The average molecular weight is 97.0 g/mol. The summed E-state index contributed by atoms with van der Waals surface area (Å²) in [6.07, 6.45) is -4.01. The zero-order chi connectivity index (χ0) is 5.21. The molecule has 37 valence electrons. The van der Waals surface area contributed by atoms with Gasteiger partial charge in [-0.05, 0) is 0 Å². The Labute approximate surface area is 33.0 Å². The van der Waals surface area contributed by atoms with E-state index in [1.165, 1.54) is 0 Å². The van der Waals surface area contributed by atoms with Crippen molar-refractivity contribution in [2.24, 2.45) is 0 Å². The van der Waals surface area contributed by atoms with Crippen molar-refractivity contribution in [2.75, 3.05) is 6.61 Å². The number of hydrogen-bond donors (Lipinski definition) is 1. The first kappa shape index (κ1) is 5.78. The quantitative estimate of drug-likeness (QED) is 0.491. The number of aliphatic hydroxyl groups is 1. The highest BCUT2D eigenvalue weighted by atomic mass is 19.3. The fourth-order valence-corrected chi connectivity index (χ4v) is 0. The molecule has 0 aliphatic rings. The fourth-order valence-electron chi connectivity index (χ4n) is 0. The second kappa shape index (κ2) is 1.49. The van der Waals surface area contributed by atoms with Gasteiger partial charge in [0.05, 0.1) is 0 Å². The summed E-state index contributed by atoms with van der Waals surface area (Å²) in [4.78, 5) is 0. The highest BCUT2D eigenvalue weighted by Crippen LogP contribution is 2.03. The van der Waals surface area contributed by atoms with Crippen molar-refractivity contribution >= 4 is 0 Å². The summed E-state index contributed by atoms with van der Waals surface area (Å²) in [7, 11) is 0. The topological polar surface area (TPSA) is 40.1 Å². The molecule has 0 rings (SSSR count). The summed E-state index contributed by atoms with van der Waals surface area (Å²) >= 11 is 0. The smallest absolute Gasteiger partial charge is 0.334 e. The summed E-state index contributed by atoms with van der Waals surface area (Å²) in [5.74, 6) is 0. The fraction of sp³-hybridized carbons (Fsp3) is 1.00. The van der Waals surface area contributed by atoms with Crippen molar-refractivity contribution in [3.63, 3.8) is 0 Å². The van der Waals surface area contributed by atoms with Crippen molar-refractivity contribution in [1.29, 1.82) is 0 Å². The van der Waals surface area contributed by atoms with Gasteiger partial charge in [0, 0.05) is 0 Å². The van der Waals surface area contributed by atoms with Crippen LogP contribution in [0, 0.1) is 0 Å². The number of halogens is 2. The summed E-state index contributed by atoms with van der Waals surface area (Å²) in [6.45, 7) is -1.76. The molecule has 0 saturated heterocycles. The monoisotopic (exact) mass is 97.0 g/mol. The Morgan fingerprint density at radius 3 is 1.83 bits per heavy atom. The minimum absolute atomic E-state index is 1.76. The molecule has 1 N–H and O–H groups in total. The van der Waals surface area contributed by atoms with Crippen LogP contribution in [0.5, 0.6) is 0 Å². The molecule has 0 fully saturated rings. The summed E-state index contributed by atoms with van der Waals surface area (Å²) in [6, 6.07) is 0. The van der Waals surface area contributed by atoms with E-state index in [2.05, 4.69) is 0 Å². The molecule has 0 heterocycles. The molecule has 0 aliphatic heterocycles. The second-order valence-corrected chi connectivity index (χ2v) is 0.810. The first-order chi connectivity index (χ1) is 2.56. The van der Waals surface area contributed by atoms with E-state index in [-0.39, 0.29) is 0 Å². The predicted octanol–water partition coefficient (Wildman–Crippen LogP) is 0.00200.